The van der Waals surface area contributed by atoms with Crippen LogP contribution in [0.2, 0.25) is 0 Å². The molecule has 1 unspecified atom stereocenters. The minimum Gasteiger partial charge on any atom is -0.497 e. The first-order chi connectivity index (χ1) is 10.8. The van der Waals surface area contributed by atoms with Crippen LogP contribution in [0.25, 0.3) is 0 Å². The van der Waals surface area contributed by atoms with Gasteiger partial charge in [-0.25, -0.2) is 0 Å². The number of benzene rings is 1. The van der Waals surface area contributed by atoms with Crippen LogP contribution in [0, 0.1) is 0 Å². The molecule has 0 amide bonds. The number of nitrogens with one attached hydrogen (secondary N) is 1. The number of ether oxygens (including phenoxy) is 3. The average Bonchev–Trinajstić information content (AvgIpc) is 2.95. The van der Waals surface area contributed by atoms with Crippen LogP contribution < -0.4 is 14.8 Å². The third-order valence-electron chi connectivity index (χ3n) is 4.92. The molecule has 4 nitrogen and oxygen atoms in total. The summed E-state index contributed by atoms with van der Waals surface area (Å²) in [4.78, 5) is 0. The van der Waals surface area contributed by atoms with Gasteiger partial charge in [0.2, 0.25) is 0 Å². The highest BCUT2D eigenvalue weighted by atomic mass is 16.6. The summed E-state index contributed by atoms with van der Waals surface area (Å²) in [6.07, 6.45) is 5.17. The van der Waals surface area contributed by atoms with E-state index in [-0.39, 0.29) is 12.0 Å². The molecule has 0 bridgehead atoms. The van der Waals surface area contributed by atoms with E-state index in [2.05, 4.69) is 24.4 Å². The smallest absolute Gasteiger partial charge is 0.166 e. The highest BCUT2D eigenvalue weighted by Gasteiger charge is 2.48. The summed E-state index contributed by atoms with van der Waals surface area (Å²) in [5.41, 5.74) is 4.03. The van der Waals surface area contributed by atoms with E-state index in [0.29, 0.717) is 6.04 Å². The van der Waals surface area contributed by atoms with Gasteiger partial charge in [0.1, 0.15) is 5.76 Å². The van der Waals surface area contributed by atoms with Crippen LogP contribution in [-0.2, 0) is 11.2 Å². The summed E-state index contributed by atoms with van der Waals surface area (Å²) in [5, 5.41) is 3.60. The Morgan fingerprint density at radius 1 is 1.23 bits per heavy atom. The zero-order chi connectivity index (χ0) is 15.3. The third kappa shape index (κ3) is 1.73. The van der Waals surface area contributed by atoms with Crippen molar-refractivity contribution in [1.29, 1.82) is 0 Å². The predicted molar refractivity (Wildman–Crippen MR) is 84.5 cm³/mol. The molecule has 3 aliphatic rings. The zero-order valence-electron chi connectivity index (χ0n) is 13.2. The van der Waals surface area contributed by atoms with Crippen LogP contribution in [0.5, 0.6) is 11.5 Å². The molecule has 22 heavy (non-hydrogen) atoms. The fourth-order valence-corrected chi connectivity index (χ4v) is 4.00. The molecule has 1 N–H and O–H groups in total. The Morgan fingerprint density at radius 2 is 2.09 bits per heavy atom. The lowest BCUT2D eigenvalue weighted by Crippen LogP contribution is -2.41. The largest absolute Gasteiger partial charge is 0.497 e. The summed E-state index contributed by atoms with van der Waals surface area (Å²) in [6, 6.07) is 4.55. The summed E-state index contributed by atoms with van der Waals surface area (Å²) < 4.78 is 17.3. The summed E-state index contributed by atoms with van der Waals surface area (Å²) in [7, 11) is 3.40. The average molecular weight is 299 g/mol. The second-order valence-electron chi connectivity index (χ2n) is 5.94. The molecule has 4 rings (SSSR count). The van der Waals surface area contributed by atoms with E-state index in [0.717, 1.165) is 30.2 Å². The molecule has 116 valence electrons. The van der Waals surface area contributed by atoms with Crippen molar-refractivity contribution in [2.75, 3.05) is 20.8 Å². The number of hydrogen-bond acceptors (Lipinski definition) is 4. The van der Waals surface area contributed by atoms with Crippen molar-refractivity contribution in [2.45, 2.75) is 31.4 Å². The molecule has 1 heterocycles. The highest BCUT2D eigenvalue weighted by molar-refractivity contribution is 5.63. The van der Waals surface area contributed by atoms with Crippen molar-refractivity contribution < 1.29 is 14.2 Å². The molecule has 0 spiro atoms. The Morgan fingerprint density at radius 3 is 2.82 bits per heavy atom. The van der Waals surface area contributed by atoms with Crippen molar-refractivity contribution in [1.82, 2.24) is 5.32 Å². The molecule has 1 aliphatic heterocycles. The van der Waals surface area contributed by atoms with Crippen molar-refractivity contribution >= 4 is 0 Å². The van der Waals surface area contributed by atoms with Crippen LogP contribution in [0.15, 0.2) is 35.6 Å². The van der Waals surface area contributed by atoms with Gasteiger partial charge in [0.05, 0.1) is 20.1 Å². The van der Waals surface area contributed by atoms with Crippen molar-refractivity contribution in [3.05, 3.63) is 46.7 Å². The second-order valence-corrected chi connectivity index (χ2v) is 5.94. The van der Waals surface area contributed by atoms with E-state index in [1.165, 1.54) is 16.7 Å². The molecule has 1 aromatic rings. The lowest BCUT2D eigenvalue weighted by Gasteiger charge is -2.36. The van der Waals surface area contributed by atoms with Crippen LogP contribution in [0.1, 0.15) is 24.0 Å². The molecule has 0 fully saturated rings. The molecule has 2 aliphatic carbocycles. The molecule has 3 atom stereocenters. The Hall–Kier alpha value is -1.94. The SMILES string of the molecule is CCN[C@H]1Cc2ccc(OC)c3c2C2C1=CC=C(OC)[C@H]2O3. The van der Waals surface area contributed by atoms with Gasteiger partial charge in [0.25, 0.3) is 0 Å². The fraction of sp³-hybridized carbons (Fsp3) is 0.444. The molecule has 0 aromatic heterocycles. The topological polar surface area (TPSA) is 39.7 Å². The molecule has 0 saturated heterocycles. The Bertz CT molecular complexity index is 677. The van der Waals surface area contributed by atoms with Gasteiger partial charge in [-0.05, 0) is 36.2 Å². The normalized spacial score (nSPS) is 27.5. The van der Waals surface area contributed by atoms with Crippen molar-refractivity contribution in [3.8, 4) is 11.5 Å². The van der Waals surface area contributed by atoms with Gasteiger partial charge in [-0.1, -0.05) is 19.1 Å². The first-order valence-electron chi connectivity index (χ1n) is 7.84. The minimum absolute atomic E-state index is 0.0727. The number of rotatable bonds is 4. The molecular weight excluding hydrogens is 278 g/mol. The van der Waals surface area contributed by atoms with Gasteiger partial charge in [-0.15, -0.1) is 0 Å². The lowest BCUT2D eigenvalue weighted by atomic mass is 9.72. The molecular formula is C18H21NO3. The molecule has 0 saturated carbocycles. The van der Waals surface area contributed by atoms with Gasteiger partial charge in [-0.3, -0.25) is 0 Å². The van der Waals surface area contributed by atoms with Gasteiger partial charge >= 0.3 is 0 Å². The van der Waals surface area contributed by atoms with Crippen molar-refractivity contribution in [2.24, 2.45) is 0 Å². The number of allylic oxidation sites excluding steroid dienone is 2. The first-order valence-corrected chi connectivity index (χ1v) is 7.84. The van der Waals surface area contributed by atoms with E-state index in [1.807, 2.05) is 12.1 Å². The van der Waals surface area contributed by atoms with E-state index in [4.69, 9.17) is 14.2 Å². The molecule has 0 radical (unpaired) electrons. The number of methoxy groups -OCH3 is 2. The quantitative estimate of drug-likeness (QED) is 0.927. The maximum atomic E-state index is 6.27. The first kappa shape index (κ1) is 13.7. The standard InChI is InChI=1S/C18H21NO3/c1-4-19-12-9-10-5-7-13(20-2)17-15(10)16-11(12)6-8-14(21-3)18(16)22-17/h5-8,12,16,18-19H,4,9H2,1-3H3/t12-,16?,18+/m0/s1. The Labute approximate surface area is 130 Å². The zero-order valence-corrected chi connectivity index (χ0v) is 13.2. The van der Waals surface area contributed by atoms with Gasteiger partial charge in [-0.2, -0.15) is 0 Å². The van der Waals surface area contributed by atoms with E-state index in [9.17, 15) is 0 Å². The predicted octanol–water partition coefficient (Wildman–Crippen LogP) is 2.54. The van der Waals surface area contributed by atoms with Gasteiger partial charge in [0, 0.05) is 11.6 Å². The molecule has 1 aromatic carbocycles. The van der Waals surface area contributed by atoms with E-state index in [1.54, 1.807) is 14.2 Å². The summed E-state index contributed by atoms with van der Waals surface area (Å²) in [5.74, 6) is 2.82. The maximum Gasteiger partial charge on any atom is 0.166 e. The Kier molecular flexibility index (Phi) is 3.15. The van der Waals surface area contributed by atoms with E-state index < -0.39 is 0 Å². The third-order valence-corrected chi connectivity index (χ3v) is 4.92. The number of likely N-dealkylation sites (N-methyl/N-ethyl adjacent to an activating group) is 1. The number of hydrogen-bond donors (Lipinski definition) is 1. The summed E-state index contributed by atoms with van der Waals surface area (Å²) >= 11 is 0. The van der Waals surface area contributed by atoms with Crippen LogP contribution in [0.3, 0.4) is 0 Å². The van der Waals surface area contributed by atoms with Crippen molar-refractivity contribution in [3.63, 3.8) is 0 Å². The van der Waals surface area contributed by atoms with Gasteiger partial charge < -0.3 is 19.5 Å². The second kappa shape index (κ2) is 5.06. The Balaban J connectivity index is 1.89. The maximum absolute atomic E-state index is 6.27. The van der Waals surface area contributed by atoms with Crippen LogP contribution >= 0.6 is 0 Å². The molecule has 4 heteroatoms. The highest BCUT2D eigenvalue weighted by Crippen LogP contribution is 2.55. The van der Waals surface area contributed by atoms with Crippen LogP contribution in [-0.4, -0.2) is 32.9 Å². The summed E-state index contributed by atoms with van der Waals surface area (Å²) in [6.45, 7) is 3.11. The fourth-order valence-electron chi connectivity index (χ4n) is 4.00. The minimum atomic E-state index is -0.0727. The lowest BCUT2D eigenvalue weighted by molar-refractivity contribution is 0.147. The van der Waals surface area contributed by atoms with Gasteiger partial charge in [0.15, 0.2) is 17.6 Å². The monoisotopic (exact) mass is 299 g/mol. The van der Waals surface area contributed by atoms with E-state index >= 15 is 0 Å². The van der Waals surface area contributed by atoms with Crippen LogP contribution in [0.4, 0.5) is 0 Å².